The summed E-state index contributed by atoms with van der Waals surface area (Å²) < 4.78 is 30.1. The standard InChI is InChI=1S/C22H29N5O3S/c1-2-21(28)26-11-4-3-8-19(26)22-24-23-20-15-25(12-13-27(20)22)31(29,30)18-10-9-16-6-5-7-17(16)14-18/h9-10,14,19H,2-8,11-13,15H2,1H3. The fourth-order valence-electron chi connectivity index (χ4n) is 5.17. The minimum Gasteiger partial charge on any atom is -0.332 e. The first-order valence-corrected chi connectivity index (χ1v) is 12.8. The number of benzene rings is 1. The van der Waals surface area contributed by atoms with E-state index in [2.05, 4.69) is 10.2 Å². The maximum absolute atomic E-state index is 13.3. The van der Waals surface area contributed by atoms with Crippen molar-refractivity contribution in [3.05, 3.63) is 41.0 Å². The van der Waals surface area contributed by atoms with E-state index in [9.17, 15) is 13.2 Å². The Kier molecular flexibility index (Phi) is 5.34. The Bertz CT molecular complexity index is 1110. The maximum atomic E-state index is 13.3. The molecule has 1 aromatic carbocycles. The van der Waals surface area contributed by atoms with Crippen LogP contribution in [0.5, 0.6) is 0 Å². The van der Waals surface area contributed by atoms with Gasteiger partial charge in [0.2, 0.25) is 15.9 Å². The van der Waals surface area contributed by atoms with Crippen molar-refractivity contribution in [3.8, 4) is 0 Å². The molecule has 1 fully saturated rings. The lowest BCUT2D eigenvalue weighted by Gasteiger charge is -2.36. The van der Waals surface area contributed by atoms with Gasteiger partial charge in [-0.3, -0.25) is 4.79 Å². The molecule has 1 unspecified atom stereocenters. The predicted octanol–water partition coefficient (Wildman–Crippen LogP) is 2.43. The van der Waals surface area contributed by atoms with Crippen molar-refractivity contribution in [2.24, 2.45) is 0 Å². The van der Waals surface area contributed by atoms with Crippen LogP contribution in [0.2, 0.25) is 0 Å². The Morgan fingerprint density at radius 1 is 1.06 bits per heavy atom. The van der Waals surface area contributed by atoms with Gasteiger partial charge in [-0.15, -0.1) is 10.2 Å². The number of hydrogen-bond acceptors (Lipinski definition) is 5. The molecular formula is C22H29N5O3S. The van der Waals surface area contributed by atoms with Crippen LogP contribution in [0.1, 0.15) is 67.8 Å². The van der Waals surface area contributed by atoms with Crippen molar-refractivity contribution < 1.29 is 13.2 Å². The van der Waals surface area contributed by atoms with Gasteiger partial charge in [0, 0.05) is 26.1 Å². The Balaban J connectivity index is 1.39. The number of carbonyl (C=O) groups excluding carboxylic acids is 1. The summed E-state index contributed by atoms with van der Waals surface area (Å²) in [4.78, 5) is 14.7. The van der Waals surface area contributed by atoms with Gasteiger partial charge >= 0.3 is 0 Å². The molecule has 1 aromatic heterocycles. The van der Waals surface area contributed by atoms with Gasteiger partial charge in [-0.2, -0.15) is 4.31 Å². The number of sulfonamides is 1. The third-order valence-electron chi connectivity index (χ3n) is 6.88. The third-order valence-corrected chi connectivity index (χ3v) is 8.72. The first kappa shape index (κ1) is 20.6. The van der Waals surface area contributed by atoms with Gasteiger partial charge in [0.15, 0.2) is 5.82 Å². The summed E-state index contributed by atoms with van der Waals surface area (Å²) in [5, 5.41) is 8.76. The lowest BCUT2D eigenvalue weighted by molar-refractivity contribution is -0.135. The van der Waals surface area contributed by atoms with E-state index in [4.69, 9.17) is 0 Å². The van der Waals surface area contributed by atoms with E-state index in [1.165, 1.54) is 9.87 Å². The quantitative estimate of drug-likeness (QED) is 0.724. The lowest BCUT2D eigenvalue weighted by atomic mass is 10.0. The second-order valence-electron chi connectivity index (χ2n) is 8.70. The smallest absolute Gasteiger partial charge is 0.243 e. The molecule has 0 N–H and O–H groups in total. The normalized spacial score (nSPS) is 21.7. The number of amides is 1. The number of hydrogen-bond donors (Lipinski definition) is 0. The van der Waals surface area contributed by atoms with Gasteiger partial charge < -0.3 is 9.47 Å². The van der Waals surface area contributed by atoms with E-state index in [1.54, 1.807) is 6.07 Å². The van der Waals surface area contributed by atoms with Crippen molar-refractivity contribution in [2.45, 2.75) is 75.9 Å². The monoisotopic (exact) mass is 443 g/mol. The lowest BCUT2D eigenvalue weighted by Crippen LogP contribution is -2.42. The molecule has 0 spiro atoms. The highest BCUT2D eigenvalue weighted by Gasteiger charge is 2.35. The molecule has 1 saturated heterocycles. The van der Waals surface area contributed by atoms with Gasteiger partial charge in [0.05, 0.1) is 17.5 Å². The maximum Gasteiger partial charge on any atom is 0.243 e. The fourth-order valence-corrected chi connectivity index (χ4v) is 6.61. The largest absolute Gasteiger partial charge is 0.332 e. The Labute approximate surface area is 183 Å². The zero-order valence-corrected chi connectivity index (χ0v) is 18.8. The first-order chi connectivity index (χ1) is 15.0. The molecule has 3 heterocycles. The highest BCUT2D eigenvalue weighted by atomic mass is 32.2. The molecule has 9 heteroatoms. The second kappa shape index (κ2) is 8.02. The van der Waals surface area contributed by atoms with Crippen LogP contribution in [0.4, 0.5) is 0 Å². The number of aryl methyl sites for hydroxylation is 2. The number of rotatable bonds is 4. The number of carbonyl (C=O) groups is 1. The molecule has 2 aliphatic heterocycles. The number of fused-ring (bicyclic) bond motifs is 2. The van der Waals surface area contributed by atoms with Crippen LogP contribution in [-0.2, 0) is 40.7 Å². The summed E-state index contributed by atoms with van der Waals surface area (Å²) in [6.07, 6.45) is 6.49. The highest BCUT2D eigenvalue weighted by Crippen LogP contribution is 2.33. The third kappa shape index (κ3) is 3.57. The van der Waals surface area contributed by atoms with Crippen molar-refractivity contribution >= 4 is 15.9 Å². The number of aromatic nitrogens is 3. The minimum absolute atomic E-state index is 0.0673. The molecule has 8 nitrogen and oxygen atoms in total. The van der Waals surface area contributed by atoms with Gasteiger partial charge in [0.25, 0.3) is 0 Å². The number of piperidine rings is 1. The van der Waals surface area contributed by atoms with E-state index >= 15 is 0 Å². The van der Waals surface area contributed by atoms with Gasteiger partial charge in [-0.25, -0.2) is 8.42 Å². The molecule has 0 bridgehead atoms. The molecule has 5 rings (SSSR count). The Morgan fingerprint density at radius 2 is 1.90 bits per heavy atom. The molecule has 2 aromatic rings. The highest BCUT2D eigenvalue weighted by molar-refractivity contribution is 7.89. The zero-order valence-electron chi connectivity index (χ0n) is 18.0. The molecule has 1 aliphatic carbocycles. The molecule has 0 saturated carbocycles. The molecule has 1 atom stereocenters. The molecule has 31 heavy (non-hydrogen) atoms. The molecule has 1 amide bonds. The first-order valence-electron chi connectivity index (χ1n) is 11.3. The topological polar surface area (TPSA) is 88.4 Å². The number of likely N-dealkylation sites (tertiary alicyclic amines) is 1. The van der Waals surface area contributed by atoms with Gasteiger partial charge in [0.1, 0.15) is 5.82 Å². The van der Waals surface area contributed by atoms with Crippen molar-refractivity contribution in [2.75, 3.05) is 13.1 Å². The fraction of sp³-hybridized carbons (Fsp3) is 0.591. The van der Waals surface area contributed by atoms with Crippen LogP contribution in [0.15, 0.2) is 23.1 Å². The van der Waals surface area contributed by atoms with Gasteiger partial charge in [-0.05, 0) is 61.8 Å². The van der Waals surface area contributed by atoms with Crippen LogP contribution in [0.25, 0.3) is 0 Å². The van der Waals surface area contributed by atoms with Crippen molar-refractivity contribution in [1.29, 1.82) is 0 Å². The summed E-state index contributed by atoms with van der Waals surface area (Å²) in [6, 6.07) is 5.48. The van der Waals surface area contributed by atoms with Crippen molar-refractivity contribution in [3.63, 3.8) is 0 Å². The number of nitrogens with zero attached hydrogens (tertiary/aromatic N) is 5. The zero-order chi connectivity index (χ0) is 21.6. The molecule has 0 radical (unpaired) electrons. The summed E-state index contributed by atoms with van der Waals surface area (Å²) in [5.74, 6) is 1.59. The van der Waals surface area contributed by atoms with Crippen LogP contribution in [0.3, 0.4) is 0 Å². The molecule has 166 valence electrons. The van der Waals surface area contributed by atoms with E-state index in [0.29, 0.717) is 30.2 Å². The van der Waals surface area contributed by atoms with E-state index < -0.39 is 10.0 Å². The van der Waals surface area contributed by atoms with Gasteiger partial charge in [-0.1, -0.05) is 13.0 Å². The van der Waals surface area contributed by atoms with E-state index in [1.807, 2.05) is 28.5 Å². The predicted molar refractivity (Wildman–Crippen MR) is 115 cm³/mol. The summed E-state index contributed by atoms with van der Waals surface area (Å²) in [7, 11) is -3.58. The second-order valence-corrected chi connectivity index (χ2v) is 10.6. The average molecular weight is 444 g/mol. The van der Waals surface area contributed by atoms with E-state index in [0.717, 1.165) is 56.5 Å². The van der Waals surface area contributed by atoms with Crippen LogP contribution in [0, 0.1) is 0 Å². The SMILES string of the molecule is CCC(=O)N1CCCCC1c1nnc2n1CCN(S(=O)(=O)c1ccc3c(c1)CCC3)C2. The van der Waals surface area contributed by atoms with Crippen LogP contribution < -0.4 is 0 Å². The Hall–Kier alpha value is -2.26. The summed E-state index contributed by atoms with van der Waals surface area (Å²) in [5.41, 5.74) is 2.42. The average Bonchev–Trinajstić information content (AvgIpc) is 3.44. The van der Waals surface area contributed by atoms with Crippen LogP contribution >= 0.6 is 0 Å². The van der Waals surface area contributed by atoms with Crippen LogP contribution in [-0.4, -0.2) is 51.4 Å². The molecule has 3 aliphatic rings. The molecular weight excluding hydrogens is 414 g/mol. The Morgan fingerprint density at radius 3 is 2.74 bits per heavy atom. The summed E-state index contributed by atoms with van der Waals surface area (Å²) >= 11 is 0. The minimum atomic E-state index is -3.58. The van der Waals surface area contributed by atoms with Crippen molar-refractivity contribution in [1.82, 2.24) is 24.0 Å². The van der Waals surface area contributed by atoms with E-state index in [-0.39, 0.29) is 18.5 Å². The summed E-state index contributed by atoms with van der Waals surface area (Å²) in [6.45, 7) is 3.73.